The maximum Gasteiger partial charge on any atom is 0.285 e. The largest absolute Gasteiger partial charge is 0.461 e. The molecule has 3 atom stereocenters. The molecule has 0 bridgehead atoms. The normalized spacial score (nSPS) is 27.7. The van der Waals surface area contributed by atoms with Crippen LogP contribution in [0.3, 0.4) is 0 Å². The first kappa shape index (κ1) is 16.0. The minimum atomic E-state index is -0.975. The van der Waals surface area contributed by atoms with Crippen LogP contribution >= 0.6 is 0 Å². The van der Waals surface area contributed by atoms with Crippen LogP contribution < -0.4 is 5.32 Å². The maximum atomic E-state index is 14.1. The Bertz CT molecular complexity index is 570. The van der Waals surface area contributed by atoms with Gasteiger partial charge < -0.3 is 10.1 Å². The van der Waals surface area contributed by atoms with E-state index in [9.17, 15) is 4.39 Å². The van der Waals surface area contributed by atoms with Crippen molar-refractivity contribution < 1.29 is 9.13 Å². The molecule has 1 aliphatic carbocycles. The molecule has 3 rings (SSSR count). The summed E-state index contributed by atoms with van der Waals surface area (Å²) >= 11 is 0. The Morgan fingerprint density at radius 3 is 2.87 bits per heavy atom. The highest BCUT2D eigenvalue weighted by Crippen LogP contribution is 2.23. The van der Waals surface area contributed by atoms with Crippen LogP contribution in [0.1, 0.15) is 31.7 Å². The lowest BCUT2D eigenvalue weighted by Crippen LogP contribution is -2.49. The lowest BCUT2D eigenvalue weighted by molar-refractivity contribution is 0.226. The van der Waals surface area contributed by atoms with E-state index in [1.165, 1.54) is 12.0 Å². The molecule has 3 unspecified atom stereocenters. The Labute approximate surface area is 137 Å². The average Bonchev–Trinajstić information content (AvgIpc) is 2.58. The molecule has 124 valence electrons. The lowest BCUT2D eigenvalue weighted by atomic mass is 9.91. The van der Waals surface area contributed by atoms with Crippen molar-refractivity contribution >= 4 is 6.02 Å². The van der Waals surface area contributed by atoms with Gasteiger partial charge in [0.1, 0.15) is 12.8 Å². The van der Waals surface area contributed by atoms with Crippen LogP contribution in [0.2, 0.25) is 0 Å². The number of allylic oxidation sites excluding steroid dienone is 1. The molecule has 1 heterocycles. The van der Waals surface area contributed by atoms with E-state index in [2.05, 4.69) is 23.3 Å². The van der Waals surface area contributed by atoms with Gasteiger partial charge in [0.15, 0.2) is 0 Å². The Kier molecular flexibility index (Phi) is 5.31. The number of nitrogens with one attached hydrogen (secondary N) is 1. The van der Waals surface area contributed by atoms with Gasteiger partial charge in [-0.05, 0) is 42.7 Å². The highest BCUT2D eigenvalue weighted by molar-refractivity contribution is 5.75. The summed E-state index contributed by atoms with van der Waals surface area (Å²) in [7, 11) is 0. The van der Waals surface area contributed by atoms with Crippen LogP contribution in [0.25, 0.3) is 0 Å². The molecule has 0 saturated heterocycles. The first-order chi connectivity index (χ1) is 11.2. The van der Waals surface area contributed by atoms with E-state index >= 15 is 0 Å². The predicted octanol–water partition coefficient (Wildman–Crippen LogP) is 3.66. The van der Waals surface area contributed by atoms with Crippen molar-refractivity contribution in [2.45, 2.75) is 44.8 Å². The summed E-state index contributed by atoms with van der Waals surface area (Å²) in [4.78, 5) is 4.18. The number of hydrogen-bond donors (Lipinski definition) is 1. The monoisotopic (exact) mass is 316 g/mol. The Morgan fingerprint density at radius 2 is 2.13 bits per heavy atom. The molecule has 0 amide bonds. The SMILES string of the molecule is CC1CC=C(COC2=NCC(F)C(Cc3ccccc3)N2)CC1. The van der Waals surface area contributed by atoms with Gasteiger partial charge in [-0.25, -0.2) is 9.38 Å². The molecule has 0 fully saturated rings. The summed E-state index contributed by atoms with van der Waals surface area (Å²) < 4.78 is 19.9. The second-order valence-electron chi connectivity index (χ2n) is 6.63. The van der Waals surface area contributed by atoms with Crippen LogP contribution in [0.4, 0.5) is 4.39 Å². The van der Waals surface area contributed by atoms with Gasteiger partial charge in [-0.1, -0.05) is 43.3 Å². The number of alkyl halides is 1. The second kappa shape index (κ2) is 7.62. The van der Waals surface area contributed by atoms with E-state index in [0.29, 0.717) is 19.0 Å². The number of rotatable bonds is 4. The molecule has 1 N–H and O–H groups in total. The van der Waals surface area contributed by atoms with E-state index in [1.54, 1.807) is 0 Å². The van der Waals surface area contributed by atoms with Crippen molar-refractivity contribution in [1.82, 2.24) is 5.32 Å². The minimum Gasteiger partial charge on any atom is -0.461 e. The van der Waals surface area contributed by atoms with Crippen LogP contribution in [0, 0.1) is 5.92 Å². The van der Waals surface area contributed by atoms with Crippen LogP contribution in [0.15, 0.2) is 47.0 Å². The smallest absolute Gasteiger partial charge is 0.285 e. The molecule has 2 aliphatic rings. The molecule has 0 radical (unpaired) electrons. The molecule has 3 nitrogen and oxygen atoms in total. The van der Waals surface area contributed by atoms with E-state index in [-0.39, 0.29) is 12.6 Å². The lowest BCUT2D eigenvalue weighted by Gasteiger charge is -2.28. The summed E-state index contributed by atoms with van der Waals surface area (Å²) in [5, 5.41) is 3.13. The summed E-state index contributed by atoms with van der Waals surface area (Å²) in [6.45, 7) is 3.01. The zero-order valence-electron chi connectivity index (χ0n) is 13.7. The van der Waals surface area contributed by atoms with E-state index in [0.717, 1.165) is 24.3 Å². The molecular formula is C19H25FN2O. The fraction of sp³-hybridized carbons (Fsp3) is 0.526. The maximum absolute atomic E-state index is 14.1. The number of aliphatic imine (C=N–C) groups is 1. The van der Waals surface area contributed by atoms with Gasteiger partial charge in [-0.3, -0.25) is 0 Å². The fourth-order valence-electron chi connectivity index (χ4n) is 3.04. The highest BCUT2D eigenvalue weighted by atomic mass is 19.1. The molecule has 1 aliphatic heterocycles. The van der Waals surface area contributed by atoms with Crippen LogP contribution in [-0.4, -0.2) is 31.4 Å². The van der Waals surface area contributed by atoms with Gasteiger partial charge in [0.25, 0.3) is 6.02 Å². The van der Waals surface area contributed by atoms with Crippen molar-refractivity contribution in [2.24, 2.45) is 10.9 Å². The van der Waals surface area contributed by atoms with Gasteiger partial charge in [0.05, 0.1) is 12.6 Å². The number of hydrogen-bond acceptors (Lipinski definition) is 3. The van der Waals surface area contributed by atoms with Gasteiger partial charge in [0, 0.05) is 0 Å². The van der Waals surface area contributed by atoms with Crippen molar-refractivity contribution in [3.63, 3.8) is 0 Å². The first-order valence-corrected chi connectivity index (χ1v) is 8.50. The van der Waals surface area contributed by atoms with Crippen molar-refractivity contribution in [3.8, 4) is 0 Å². The molecular weight excluding hydrogens is 291 g/mol. The number of benzene rings is 1. The first-order valence-electron chi connectivity index (χ1n) is 8.50. The molecule has 1 aromatic rings. The molecule has 0 aromatic heterocycles. The molecule has 0 saturated carbocycles. The number of nitrogens with zero attached hydrogens (tertiary/aromatic N) is 1. The van der Waals surface area contributed by atoms with Gasteiger partial charge >= 0.3 is 0 Å². The molecule has 0 spiro atoms. The fourth-order valence-corrected chi connectivity index (χ4v) is 3.04. The number of halogens is 1. The third-order valence-corrected chi connectivity index (χ3v) is 4.61. The van der Waals surface area contributed by atoms with E-state index in [1.807, 2.05) is 30.3 Å². The highest BCUT2D eigenvalue weighted by Gasteiger charge is 2.27. The van der Waals surface area contributed by atoms with E-state index in [4.69, 9.17) is 4.74 Å². The van der Waals surface area contributed by atoms with Gasteiger partial charge in [0.2, 0.25) is 0 Å². The Balaban J connectivity index is 1.53. The average molecular weight is 316 g/mol. The summed E-state index contributed by atoms with van der Waals surface area (Å²) in [5.74, 6) is 0.770. The van der Waals surface area contributed by atoms with Crippen molar-refractivity contribution in [2.75, 3.05) is 13.2 Å². The standard InChI is InChI=1S/C19H25FN2O/c1-14-7-9-16(10-8-14)13-23-19-21-12-17(20)18(22-19)11-15-5-3-2-4-6-15/h2-6,9,14,17-18H,7-8,10-13H2,1H3,(H,21,22). The summed E-state index contributed by atoms with van der Waals surface area (Å²) in [6, 6.07) is 10.2. The zero-order chi connectivity index (χ0) is 16.1. The van der Waals surface area contributed by atoms with E-state index < -0.39 is 6.17 Å². The zero-order valence-corrected chi connectivity index (χ0v) is 13.7. The van der Waals surface area contributed by atoms with Crippen LogP contribution in [0.5, 0.6) is 0 Å². The van der Waals surface area contributed by atoms with Crippen molar-refractivity contribution in [1.29, 1.82) is 0 Å². The minimum absolute atomic E-state index is 0.177. The third-order valence-electron chi connectivity index (χ3n) is 4.61. The van der Waals surface area contributed by atoms with Crippen molar-refractivity contribution in [3.05, 3.63) is 47.5 Å². The topological polar surface area (TPSA) is 33.6 Å². The molecule has 4 heteroatoms. The van der Waals surface area contributed by atoms with Gasteiger partial charge in [-0.15, -0.1) is 0 Å². The number of ether oxygens (including phenoxy) is 1. The summed E-state index contributed by atoms with van der Waals surface area (Å²) in [6.07, 6.45) is 5.38. The molecule has 1 aromatic carbocycles. The molecule has 23 heavy (non-hydrogen) atoms. The number of amidine groups is 1. The third kappa shape index (κ3) is 4.57. The predicted molar refractivity (Wildman–Crippen MR) is 91.3 cm³/mol. The van der Waals surface area contributed by atoms with Crippen LogP contribution in [-0.2, 0) is 11.2 Å². The Morgan fingerprint density at radius 1 is 1.30 bits per heavy atom. The van der Waals surface area contributed by atoms with Gasteiger partial charge in [-0.2, -0.15) is 0 Å². The summed E-state index contributed by atoms with van der Waals surface area (Å²) in [5.41, 5.74) is 2.45. The second-order valence-corrected chi connectivity index (χ2v) is 6.63. The Hall–Kier alpha value is -1.84. The quantitative estimate of drug-likeness (QED) is 0.860.